The number of hydrogen-bond donors (Lipinski definition) is 1. The average molecular weight is 270 g/mol. The maximum atomic E-state index is 11.6. The molecule has 1 N–H and O–H groups in total. The van der Waals surface area contributed by atoms with Gasteiger partial charge in [-0.15, -0.1) is 5.92 Å². The van der Waals surface area contributed by atoms with Gasteiger partial charge in [0.1, 0.15) is 11.9 Å². The van der Waals surface area contributed by atoms with E-state index in [-0.39, 0.29) is 6.61 Å². The fourth-order valence-corrected chi connectivity index (χ4v) is 2.70. The van der Waals surface area contributed by atoms with Gasteiger partial charge in [0.05, 0.1) is 6.61 Å². The van der Waals surface area contributed by atoms with E-state index in [2.05, 4.69) is 11.8 Å². The summed E-state index contributed by atoms with van der Waals surface area (Å²) < 4.78 is 51.2. The Morgan fingerprint density at radius 1 is 1.50 bits per heavy atom. The Morgan fingerprint density at radius 3 is 2.44 bits per heavy atom. The van der Waals surface area contributed by atoms with Crippen LogP contribution in [0, 0.1) is 11.8 Å². The molecule has 2 atom stereocenters. The van der Waals surface area contributed by atoms with Crippen LogP contribution < -0.4 is 0 Å². The first-order valence-corrected chi connectivity index (χ1v) is 8.08. The minimum atomic E-state index is -4.24. The highest BCUT2D eigenvalue weighted by Crippen LogP contribution is 2.44. The maximum Gasteiger partial charge on any atom is 0.328 e. The molecular weight excluding hydrogens is 255 g/mol. The Bertz CT molecular complexity index is 418. The van der Waals surface area contributed by atoms with E-state index >= 15 is 0 Å². The summed E-state index contributed by atoms with van der Waals surface area (Å²) in [5.74, 6) is 4.08. The van der Waals surface area contributed by atoms with Crippen LogP contribution >= 0.6 is 7.60 Å². The Labute approximate surface area is 95.6 Å². The summed E-state index contributed by atoms with van der Waals surface area (Å²) in [4.78, 5) is 0. The van der Waals surface area contributed by atoms with E-state index in [9.17, 15) is 13.0 Å². The zero-order chi connectivity index (χ0) is 12.8. The molecule has 2 unspecified atom stereocenters. The largest absolute Gasteiger partial charge is 0.328 e. The van der Waals surface area contributed by atoms with Gasteiger partial charge in [-0.1, -0.05) is 5.92 Å². The maximum absolute atomic E-state index is 11.6. The second-order valence-electron chi connectivity index (χ2n) is 2.93. The van der Waals surface area contributed by atoms with Gasteiger partial charge in [0.25, 0.3) is 10.1 Å². The predicted molar refractivity (Wildman–Crippen MR) is 59.9 cm³/mol. The van der Waals surface area contributed by atoms with E-state index in [1.807, 2.05) is 0 Å². The molecule has 0 radical (unpaired) electrons. The van der Waals surface area contributed by atoms with Crippen LogP contribution in [0.4, 0.5) is 0 Å². The lowest BCUT2D eigenvalue weighted by Crippen LogP contribution is -2.21. The fourth-order valence-electron chi connectivity index (χ4n) is 0.947. The Balaban J connectivity index is 4.68. The van der Waals surface area contributed by atoms with E-state index in [0.717, 1.165) is 0 Å². The van der Waals surface area contributed by atoms with Crippen molar-refractivity contribution in [2.24, 2.45) is 0 Å². The second kappa shape index (κ2) is 6.38. The fraction of sp³-hybridized carbons (Fsp3) is 0.750. The standard InChI is InChI=1S/C8H15O6PS/c1-4-6-8(7-16(10,11)12)14-15(3,9)13-5-2/h8H,5,7H2,1-3H3,(H,10,11,12). The quantitative estimate of drug-likeness (QED) is 0.442. The van der Waals surface area contributed by atoms with E-state index in [4.69, 9.17) is 13.6 Å². The molecular formula is C8H15O6PS. The lowest BCUT2D eigenvalue weighted by atomic mass is 10.4. The third-order valence-electron chi connectivity index (χ3n) is 1.35. The molecule has 6 nitrogen and oxygen atoms in total. The van der Waals surface area contributed by atoms with Crippen molar-refractivity contribution in [1.82, 2.24) is 0 Å². The topological polar surface area (TPSA) is 89.9 Å². The van der Waals surface area contributed by atoms with Crippen LogP contribution in [0.2, 0.25) is 0 Å². The molecule has 94 valence electrons. The summed E-state index contributed by atoms with van der Waals surface area (Å²) in [7, 11) is -7.58. The highest BCUT2D eigenvalue weighted by atomic mass is 32.2. The molecule has 8 heteroatoms. The van der Waals surface area contributed by atoms with Gasteiger partial charge in [-0.3, -0.25) is 13.6 Å². The van der Waals surface area contributed by atoms with Crippen LogP contribution in [0.5, 0.6) is 0 Å². The zero-order valence-corrected chi connectivity index (χ0v) is 11.0. The highest BCUT2D eigenvalue weighted by Gasteiger charge is 2.25. The summed E-state index contributed by atoms with van der Waals surface area (Å²) >= 11 is 0. The van der Waals surface area contributed by atoms with E-state index in [1.165, 1.54) is 13.6 Å². The third kappa shape index (κ3) is 7.85. The first kappa shape index (κ1) is 15.6. The van der Waals surface area contributed by atoms with Gasteiger partial charge < -0.3 is 4.52 Å². The summed E-state index contributed by atoms with van der Waals surface area (Å²) in [6, 6.07) is 0. The molecule has 16 heavy (non-hydrogen) atoms. The van der Waals surface area contributed by atoms with Crippen molar-refractivity contribution in [2.45, 2.75) is 20.0 Å². The highest BCUT2D eigenvalue weighted by molar-refractivity contribution is 7.85. The van der Waals surface area contributed by atoms with Gasteiger partial charge in [-0.05, 0) is 13.8 Å². The predicted octanol–water partition coefficient (Wildman–Crippen LogP) is 1.14. The molecule has 0 aliphatic rings. The number of hydrogen-bond acceptors (Lipinski definition) is 5. The summed E-state index contributed by atoms with van der Waals surface area (Å²) in [5, 5.41) is 0. The van der Waals surface area contributed by atoms with Gasteiger partial charge >= 0.3 is 7.60 Å². The molecule has 0 saturated heterocycles. The molecule has 0 aliphatic heterocycles. The molecule has 0 aromatic heterocycles. The first-order valence-electron chi connectivity index (χ1n) is 4.48. The van der Waals surface area contributed by atoms with Gasteiger partial charge in [0.15, 0.2) is 0 Å². The number of rotatable bonds is 6. The summed E-state index contributed by atoms with van der Waals surface area (Å²) in [6.07, 6.45) is -1.16. The van der Waals surface area contributed by atoms with Crippen molar-refractivity contribution < 1.29 is 26.6 Å². The van der Waals surface area contributed by atoms with Crippen molar-refractivity contribution in [3.63, 3.8) is 0 Å². The molecule has 0 rings (SSSR count). The van der Waals surface area contributed by atoms with Crippen LogP contribution in [0.15, 0.2) is 0 Å². The van der Waals surface area contributed by atoms with Crippen LogP contribution in [0.3, 0.4) is 0 Å². The minimum Gasteiger partial charge on any atom is -0.309 e. The van der Waals surface area contributed by atoms with Crippen molar-refractivity contribution in [3.05, 3.63) is 0 Å². The van der Waals surface area contributed by atoms with Crippen LogP contribution in [0.25, 0.3) is 0 Å². The van der Waals surface area contributed by atoms with Crippen molar-refractivity contribution in [2.75, 3.05) is 19.0 Å². The molecule has 0 bridgehead atoms. The molecule has 0 aliphatic carbocycles. The Kier molecular flexibility index (Phi) is 6.23. The average Bonchev–Trinajstić information content (AvgIpc) is 1.99. The van der Waals surface area contributed by atoms with Crippen LogP contribution in [-0.4, -0.2) is 38.1 Å². The zero-order valence-electron chi connectivity index (χ0n) is 9.34. The van der Waals surface area contributed by atoms with Crippen molar-refractivity contribution in [1.29, 1.82) is 0 Å². The van der Waals surface area contributed by atoms with Crippen molar-refractivity contribution >= 4 is 17.7 Å². The van der Waals surface area contributed by atoms with E-state index in [1.54, 1.807) is 6.92 Å². The van der Waals surface area contributed by atoms with Gasteiger partial charge in [0, 0.05) is 6.66 Å². The molecule has 0 heterocycles. The smallest absolute Gasteiger partial charge is 0.309 e. The lowest BCUT2D eigenvalue weighted by molar-refractivity contribution is 0.197. The molecule has 0 fully saturated rings. The third-order valence-corrected chi connectivity index (χ3v) is 3.44. The van der Waals surface area contributed by atoms with Gasteiger partial charge in [0.2, 0.25) is 0 Å². The monoisotopic (exact) mass is 270 g/mol. The Morgan fingerprint density at radius 2 is 2.06 bits per heavy atom. The van der Waals surface area contributed by atoms with Crippen LogP contribution in [-0.2, 0) is 23.7 Å². The lowest BCUT2D eigenvalue weighted by Gasteiger charge is -2.16. The first-order chi connectivity index (χ1) is 7.20. The SMILES string of the molecule is CC#CC(CS(=O)(=O)O)OP(C)(=O)OCC. The summed E-state index contributed by atoms with van der Waals surface area (Å²) in [6.45, 7) is 4.49. The minimum absolute atomic E-state index is 0.173. The second-order valence-corrected chi connectivity index (χ2v) is 6.43. The molecule has 0 saturated carbocycles. The van der Waals surface area contributed by atoms with Gasteiger partial charge in [-0.2, -0.15) is 8.42 Å². The van der Waals surface area contributed by atoms with E-state index < -0.39 is 29.6 Å². The molecule has 0 spiro atoms. The molecule has 0 aromatic carbocycles. The summed E-state index contributed by atoms with van der Waals surface area (Å²) in [5.41, 5.74) is 0. The van der Waals surface area contributed by atoms with Crippen molar-refractivity contribution in [3.8, 4) is 11.8 Å². The van der Waals surface area contributed by atoms with Crippen LogP contribution in [0.1, 0.15) is 13.8 Å². The normalized spacial score (nSPS) is 17.0. The molecule has 0 amide bonds. The van der Waals surface area contributed by atoms with E-state index in [0.29, 0.717) is 0 Å². The van der Waals surface area contributed by atoms with Gasteiger partial charge in [-0.25, -0.2) is 0 Å². The molecule has 0 aromatic rings. The Hall–Kier alpha value is -0.380.